The number of carbonyl (C=O) groups excluding carboxylic acids is 3. The van der Waals surface area contributed by atoms with Gasteiger partial charge in [0.25, 0.3) is 5.91 Å². The van der Waals surface area contributed by atoms with Crippen LogP contribution in [0.1, 0.15) is 34.5 Å². The lowest BCUT2D eigenvalue weighted by molar-refractivity contribution is -0.135. The summed E-state index contributed by atoms with van der Waals surface area (Å²) in [5.74, 6) is 1.14. The van der Waals surface area contributed by atoms with Gasteiger partial charge < -0.3 is 33.9 Å². The second kappa shape index (κ2) is 12.9. The molecule has 2 atom stereocenters. The van der Waals surface area contributed by atoms with Crippen LogP contribution in [0.15, 0.2) is 54.7 Å². The van der Waals surface area contributed by atoms with Crippen LogP contribution in [0.5, 0.6) is 17.2 Å². The van der Waals surface area contributed by atoms with Gasteiger partial charge in [-0.3, -0.25) is 14.4 Å². The largest absolute Gasteiger partial charge is 0.493 e. The maximum Gasteiger partial charge on any atom is 0.270 e. The molecule has 222 valence electrons. The van der Waals surface area contributed by atoms with Crippen LogP contribution in [0.3, 0.4) is 0 Å². The molecule has 0 radical (unpaired) electrons. The van der Waals surface area contributed by atoms with E-state index >= 15 is 0 Å². The van der Waals surface area contributed by atoms with Crippen molar-refractivity contribution in [2.45, 2.75) is 38.0 Å². The van der Waals surface area contributed by atoms with Gasteiger partial charge in [-0.05, 0) is 54.3 Å². The summed E-state index contributed by atoms with van der Waals surface area (Å²) in [6.45, 7) is 0.871. The summed E-state index contributed by atoms with van der Waals surface area (Å²) >= 11 is 6.13. The molecular weight excluding hydrogens is 560 g/mol. The number of piperidine rings is 1. The summed E-state index contributed by atoms with van der Waals surface area (Å²) in [5.41, 5.74) is 2.27. The third kappa shape index (κ3) is 6.88. The number of nitrogens with one attached hydrogen (secondary N) is 1. The number of amides is 3. The Balaban J connectivity index is 1.40. The number of hydrogen-bond donors (Lipinski definition) is 1. The number of methoxy groups -OCH3 is 1. The van der Waals surface area contributed by atoms with Gasteiger partial charge in [0.2, 0.25) is 11.8 Å². The summed E-state index contributed by atoms with van der Waals surface area (Å²) in [5, 5.41) is 3.54. The van der Waals surface area contributed by atoms with Crippen LogP contribution >= 0.6 is 11.6 Å². The normalized spacial score (nSPS) is 20.1. The fraction of sp³-hybridized carbons (Fsp3) is 0.387. The van der Waals surface area contributed by atoms with Crippen molar-refractivity contribution in [2.75, 3.05) is 33.8 Å². The number of hydrogen-bond acceptors (Lipinski definition) is 6. The second-order valence-corrected chi connectivity index (χ2v) is 11.1. The van der Waals surface area contributed by atoms with Crippen molar-refractivity contribution in [1.29, 1.82) is 0 Å². The van der Waals surface area contributed by atoms with Gasteiger partial charge >= 0.3 is 0 Å². The van der Waals surface area contributed by atoms with E-state index in [0.29, 0.717) is 47.4 Å². The van der Waals surface area contributed by atoms with Crippen LogP contribution in [-0.2, 0) is 34.4 Å². The average molecular weight is 595 g/mol. The van der Waals surface area contributed by atoms with Crippen LogP contribution in [0.25, 0.3) is 0 Å². The standard InChI is InChI=1S/C31H35ClN4O6/c1-34-16-22(32)15-25(34)31(39)36-12-11-24-28(17-36)41-19-21-5-4-6-23(13-21)42-26-9-7-20(14-27(26)40-3)8-10-30(38)35(2)18-29(37)33-24/h4-7,9,13-16,24,28H,8,10-12,17-19H2,1-3H3,(H,33,37)/t24-,28-/m0/s1. The van der Waals surface area contributed by atoms with E-state index in [2.05, 4.69) is 5.32 Å². The number of likely N-dealkylation sites (N-methyl/N-ethyl adjacent to an activating group) is 1. The number of aryl methyl sites for hydroxylation is 2. The Morgan fingerprint density at radius 1 is 1.07 bits per heavy atom. The van der Waals surface area contributed by atoms with Crippen LogP contribution in [0.4, 0.5) is 0 Å². The number of fused-ring (bicyclic) bond motifs is 9. The third-order valence-electron chi connectivity index (χ3n) is 7.64. The van der Waals surface area contributed by atoms with Gasteiger partial charge in [-0.2, -0.15) is 0 Å². The Labute approximate surface area is 250 Å². The van der Waals surface area contributed by atoms with E-state index in [1.807, 2.05) is 42.5 Å². The van der Waals surface area contributed by atoms with Gasteiger partial charge in [0.15, 0.2) is 11.5 Å². The zero-order valence-corrected chi connectivity index (χ0v) is 24.7. The van der Waals surface area contributed by atoms with Gasteiger partial charge in [0, 0.05) is 39.8 Å². The molecule has 3 aliphatic heterocycles. The number of likely N-dealkylation sites (tertiary alicyclic amines) is 1. The van der Waals surface area contributed by atoms with Crippen molar-refractivity contribution in [2.24, 2.45) is 7.05 Å². The van der Waals surface area contributed by atoms with E-state index in [1.54, 1.807) is 42.9 Å². The number of ether oxygens (including phenoxy) is 3. The Kier molecular flexibility index (Phi) is 9.03. The molecule has 10 nitrogen and oxygen atoms in total. The predicted octanol–water partition coefficient (Wildman–Crippen LogP) is 3.80. The second-order valence-electron chi connectivity index (χ2n) is 10.7. The summed E-state index contributed by atoms with van der Waals surface area (Å²) in [4.78, 5) is 42.4. The van der Waals surface area contributed by atoms with Gasteiger partial charge in [0.1, 0.15) is 11.4 Å². The fourth-order valence-corrected chi connectivity index (χ4v) is 5.56. The number of rotatable bonds is 2. The predicted molar refractivity (Wildman–Crippen MR) is 157 cm³/mol. The minimum atomic E-state index is -0.484. The lowest BCUT2D eigenvalue weighted by atomic mass is 10.0. The molecule has 1 fully saturated rings. The molecule has 1 aromatic heterocycles. The van der Waals surface area contributed by atoms with Gasteiger partial charge in [-0.25, -0.2) is 0 Å². The van der Waals surface area contributed by atoms with Crippen LogP contribution in [-0.4, -0.2) is 78.0 Å². The molecule has 4 bridgehead atoms. The first-order valence-electron chi connectivity index (χ1n) is 13.9. The monoisotopic (exact) mass is 594 g/mol. The summed E-state index contributed by atoms with van der Waals surface area (Å²) < 4.78 is 19.8. The molecule has 2 aromatic carbocycles. The molecule has 0 aliphatic carbocycles. The van der Waals surface area contributed by atoms with Gasteiger partial charge in [-0.1, -0.05) is 29.8 Å². The SMILES string of the molecule is COc1cc2ccc1Oc1cccc(c1)CO[C@H]1CN(C(=O)c3cc(Cl)cn3C)CC[C@@H]1NC(=O)CN(C)C(=O)CC2. The molecule has 6 rings (SSSR count). The fourth-order valence-electron chi connectivity index (χ4n) is 5.31. The zero-order valence-electron chi connectivity index (χ0n) is 24.0. The molecule has 3 amide bonds. The molecule has 0 saturated carbocycles. The van der Waals surface area contributed by atoms with E-state index in [4.69, 9.17) is 25.8 Å². The smallest absolute Gasteiger partial charge is 0.270 e. The molecule has 3 aromatic rings. The first-order chi connectivity index (χ1) is 20.2. The quantitative estimate of drug-likeness (QED) is 0.484. The highest BCUT2D eigenvalue weighted by molar-refractivity contribution is 6.31. The van der Waals surface area contributed by atoms with Crippen molar-refractivity contribution in [3.63, 3.8) is 0 Å². The molecule has 3 aliphatic rings. The lowest BCUT2D eigenvalue weighted by Crippen LogP contribution is -2.57. The van der Waals surface area contributed by atoms with Crippen LogP contribution < -0.4 is 14.8 Å². The van der Waals surface area contributed by atoms with E-state index in [9.17, 15) is 14.4 Å². The molecule has 0 unspecified atom stereocenters. The molecule has 4 heterocycles. The Morgan fingerprint density at radius 3 is 2.67 bits per heavy atom. The van der Waals surface area contributed by atoms with Crippen LogP contribution in [0, 0.1) is 0 Å². The van der Waals surface area contributed by atoms with Gasteiger partial charge in [0.05, 0.1) is 37.4 Å². The third-order valence-corrected chi connectivity index (χ3v) is 7.84. The highest BCUT2D eigenvalue weighted by Gasteiger charge is 2.34. The Hall–Kier alpha value is -4.02. The first-order valence-corrected chi connectivity index (χ1v) is 14.3. The summed E-state index contributed by atoms with van der Waals surface area (Å²) in [7, 11) is 4.97. The van der Waals surface area contributed by atoms with Crippen molar-refractivity contribution in [3.05, 3.63) is 76.6 Å². The minimum absolute atomic E-state index is 0.0787. The topological polar surface area (TPSA) is 102 Å². The van der Waals surface area contributed by atoms with E-state index in [1.165, 1.54) is 4.90 Å². The van der Waals surface area contributed by atoms with Crippen LogP contribution in [0.2, 0.25) is 5.02 Å². The highest BCUT2D eigenvalue weighted by atomic mass is 35.5. The van der Waals surface area contributed by atoms with Crippen molar-refractivity contribution in [1.82, 2.24) is 19.7 Å². The molecule has 11 heteroatoms. The number of halogens is 1. The molecule has 1 saturated heterocycles. The molecule has 0 spiro atoms. The molecule has 42 heavy (non-hydrogen) atoms. The van der Waals surface area contributed by atoms with Crippen molar-refractivity contribution in [3.8, 4) is 17.2 Å². The van der Waals surface area contributed by atoms with Crippen molar-refractivity contribution >= 4 is 29.3 Å². The highest BCUT2D eigenvalue weighted by Crippen LogP contribution is 2.33. The average Bonchev–Trinajstić information content (AvgIpc) is 3.32. The Bertz CT molecular complexity index is 1470. The van der Waals surface area contributed by atoms with Gasteiger partial charge in [-0.15, -0.1) is 0 Å². The summed E-state index contributed by atoms with van der Waals surface area (Å²) in [6, 6.07) is 14.4. The summed E-state index contributed by atoms with van der Waals surface area (Å²) in [6.07, 6.45) is 2.43. The van der Waals surface area contributed by atoms with E-state index in [-0.39, 0.29) is 49.9 Å². The van der Waals surface area contributed by atoms with Crippen molar-refractivity contribution < 1.29 is 28.6 Å². The molecule has 1 N–H and O–H groups in total. The number of aromatic nitrogens is 1. The van der Waals surface area contributed by atoms with E-state index < -0.39 is 6.10 Å². The lowest BCUT2D eigenvalue weighted by Gasteiger charge is -2.39. The number of benzene rings is 2. The maximum atomic E-state index is 13.3. The minimum Gasteiger partial charge on any atom is -0.493 e. The first kappa shape index (κ1) is 29.5. The zero-order chi connectivity index (χ0) is 29.8. The number of nitrogens with zero attached hydrogens (tertiary/aromatic N) is 3. The molecular formula is C31H35ClN4O6. The maximum absolute atomic E-state index is 13.3. The van der Waals surface area contributed by atoms with E-state index in [0.717, 1.165) is 11.1 Å². The number of carbonyl (C=O) groups is 3. The Morgan fingerprint density at radius 2 is 1.90 bits per heavy atom.